The number of anilines is 1. The molecule has 186 valence electrons. The molecule has 3 aliphatic rings. The van der Waals surface area contributed by atoms with Crippen LogP contribution in [0.4, 0.5) is 5.82 Å². The zero-order chi connectivity index (χ0) is 25.2. The van der Waals surface area contributed by atoms with E-state index in [0.717, 1.165) is 30.6 Å². The van der Waals surface area contributed by atoms with Crippen LogP contribution in [0.25, 0.3) is 0 Å². The van der Waals surface area contributed by atoms with Gasteiger partial charge in [-0.25, -0.2) is 0 Å². The summed E-state index contributed by atoms with van der Waals surface area (Å²) < 4.78 is 4.52. The van der Waals surface area contributed by atoms with Crippen LogP contribution < -0.4 is 26.5 Å². The Balaban J connectivity index is 1.30. The van der Waals surface area contributed by atoms with Crippen LogP contribution >= 0.6 is 0 Å². The van der Waals surface area contributed by atoms with Crippen molar-refractivity contribution >= 4 is 17.6 Å². The Hall–Kier alpha value is -3.79. The van der Waals surface area contributed by atoms with Crippen molar-refractivity contribution in [1.82, 2.24) is 19.4 Å². The number of rotatable bonds is 6. The van der Waals surface area contributed by atoms with E-state index in [-0.39, 0.29) is 11.8 Å². The van der Waals surface area contributed by atoms with E-state index < -0.39 is 27.2 Å². The van der Waals surface area contributed by atoms with E-state index >= 15 is 0 Å². The summed E-state index contributed by atoms with van der Waals surface area (Å²) in [6.07, 6.45) is 19.7. The third kappa shape index (κ3) is 4.81. The van der Waals surface area contributed by atoms with E-state index in [0.29, 0.717) is 23.6 Å². The number of carbonyl (C=O) groups excluding carboxylic acids is 2. The molecule has 3 aromatic rings. The first-order valence-electron chi connectivity index (χ1n) is 12.2. The molecule has 1 N–H and O–H groups in total. The molecule has 1 aromatic carbocycles. The van der Waals surface area contributed by atoms with Gasteiger partial charge in [-0.1, -0.05) is 0 Å². The summed E-state index contributed by atoms with van der Waals surface area (Å²) in [5.74, 6) is 0.0198. The van der Waals surface area contributed by atoms with Crippen LogP contribution in [0.5, 0.6) is 0 Å². The van der Waals surface area contributed by atoms with Crippen molar-refractivity contribution in [1.29, 1.82) is 0 Å². The number of aromatic nitrogens is 3. The van der Waals surface area contributed by atoms with Crippen LogP contribution in [0.3, 0.4) is 0 Å². The van der Waals surface area contributed by atoms with Crippen molar-refractivity contribution in [3.63, 3.8) is 0 Å². The van der Waals surface area contributed by atoms with Crippen molar-refractivity contribution in [2.75, 3.05) is 5.32 Å². The molecule has 1 atom stereocenters. The fraction of sp³-hybridized carbons (Fsp3) is 0.172. The van der Waals surface area contributed by atoms with E-state index in [4.69, 9.17) is 0 Å². The number of nitrogens with one attached hydrogen (secondary N) is 1. The molecular formula is C29H25IN5O2-. The van der Waals surface area contributed by atoms with E-state index in [2.05, 4.69) is 38.1 Å². The van der Waals surface area contributed by atoms with Gasteiger partial charge in [0.15, 0.2) is 0 Å². The summed E-state index contributed by atoms with van der Waals surface area (Å²) in [4.78, 5) is 38.0. The number of aryl methyl sites for hydroxylation is 1. The number of halogens is 1. The first-order chi connectivity index (χ1) is 18.2. The maximum absolute atomic E-state index is 13.8. The Morgan fingerprint density at radius 2 is 1.95 bits per heavy atom. The van der Waals surface area contributed by atoms with Gasteiger partial charge in [-0.15, -0.1) is 0 Å². The zero-order valence-corrected chi connectivity index (χ0v) is 22.2. The summed E-state index contributed by atoms with van der Waals surface area (Å²) in [6.45, 7) is 1.25. The molecule has 2 aromatic heterocycles. The van der Waals surface area contributed by atoms with Gasteiger partial charge in [0.1, 0.15) is 0 Å². The van der Waals surface area contributed by atoms with Crippen LogP contribution in [-0.2, 0) is 24.3 Å². The Labute approximate surface area is 225 Å². The summed E-state index contributed by atoms with van der Waals surface area (Å²) in [5.41, 5.74) is 3.30. The number of allylic oxidation sites excluding steroid dienone is 8. The van der Waals surface area contributed by atoms with Crippen molar-refractivity contribution in [3.05, 3.63) is 121 Å². The number of imidazole rings is 1. The van der Waals surface area contributed by atoms with Crippen molar-refractivity contribution in [3.8, 4) is 0 Å². The van der Waals surface area contributed by atoms with Crippen LogP contribution in [-0.4, -0.2) is 31.2 Å². The minimum absolute atomic E-state index is 0.133. The summed E-state index contributed by atoms with van der Waals surface area (Å²) in [6, 6.07) is 10.7. The third-order valence-corrected chi connectivity index (χ3v) is 9.24. The molecule has 1 aliphatic carbocycles. The van der Waals surface area contributed by atoms with Crippen LogP contribution in [0.2, 0.25) is 0 Å². The quantitative estimate of drug-likeness (QED) is 0.433. The second-order valence-corrected chi connectivity index (χ2v) is 12.0. The second-order valence-electron chi connectivity index (χ2n) is 8.99. The van der Waals surface area contributed by atoms with E-state index in [1.165, 1.54) is 7.15 Å². The number of pyridine rings is 1. The molecule has 6 rings (SSSR count). The predicted molar refractivity (Wildman–Crippen MR) is 137 cm³/mol. The van der Waals surface area contributed by atoms with Gasteiger partial charge in [0.2, 0.25) is 0 Å². The van der Waals surface area contributed by atoms with Crippen molar-refractivity contribution in [2.24, 2.45) is 0 Å². The monoisotopic (exact) mass is 602 g/mol. The molecule has 0 saturated carbocycles. The molecule has 37 heavy (non-hydrogen) atoms. The Morgan fingerprint density at radius 3 is 2.84 bits per heavy atom. The number of hydrogen-bond acceptors (Lipinski definition) is 4. The van der Waals surface area contributed by atoms with Gasteiger partial charge in [-0.3, -0.25) is 0 Å². The number of carbonyl (C=O) groups is 2. The van der Waals surface area contributed by atoms with Crippen molar-refractivity contribution < 1.29 is 30.8 Å². The number of hydrogen-bond donors (Lipinski definition) is 1. The molecule has 4 heterocycles. The van der Waals surface area contributed by atoms with Crippen LogP contribution in [0.1, 0.15) is 39.8 Å². The zero-order valence-electron chi connectivity index (χ0n) is 20.0. The third-order valence-electron chi connectivity index (χ3n) is 6.60. The van der Waals surface area contributed by atoms with Gasteiger partial charge in [0, 0.05) is 0 Å². The normalized spacial score (nSPS) is 20.8. The number of amides is 2. The molecule has 2 aliphatic heterocycles. The molecule has 1 unspecified atom stereocenters. The summed E-state index contributed by atoms with van der Waals surface area (Å²) in [7, 11) is 0. The summed E-state index contributed by atoms with van der Waals surface area (Å²) in [5, 5.41) is 2.91. The Morgan fingerprint density at radius 1 is 1.05 bits per heavy atom. The van der Waals surface area contributed by atoms with Gasteiger partial charge in [-0.2, -0.15) is 0 Å². The molecule has 0 saturated heterocycles. The van der Waals surface area contributed by atoms with Gasteiger partial charge >= 0.3 is 226 Å². The molecule has 0 spiro atoms. The molecule has 2 amide bonds. The van der Waals surface area contributed by atoms with Gasteiger partial charge in [0.25, 0.3) is 0 Å². The fourth-order valence-corrected chi connectivity index (χ4v) is 7.19. The van der Waals surface area contributed by atoms with E-state index in [1.54, 1.807) is 29.6 Å². The van der Waals surface area contributed by atoms with Crippen LogP contribution in [0, 0.1) is 3.57 Å². The molecule has 0 fully saturated rings. The first kappa shape index (κ1) is 23.6. The summed E-state index contributed by atoms with van der Waals surface area (Å²) >= 11 is -0.455. The Bertz CT molecular complexity index is 1490. The molecule has 7 nitrogen and oxygen atoms in total. The van der Waals surface area contributed by atoms with Gasteiger partial charge < -0.3 is 0 Å². The van der Waals surface area contributed by atoms with Gasteiger partial charge in [0.05, 0.1) is 0 Å². The standard InChI is InChI=1S/C29H25IN5O2/c36-28(33-25-12-6-7-15-31-25)27(26-24-11-8-16-34(24)19-32-26)35-18-20-13-14-22(17-23(20)29(35)37)30-21-9-4-2-1-3-5-10-21/h1-7,9-10,12-15,17,19,27H,8,11,16,18H2,(H,31,33,36)/q-1/b2-1-,3-1?,4-2?,5-3-,9-4-,10-5?,21-9?,21-10+. The number of benzene rings is 1. The average molecular weight is 602 g/mol. The maximum atomic E-state index is 13.8. The Kier molecular flexibility index (Phi) is 6.57. The molecule has 0 radical (unpaired) electrons. The number of nitrogens with zero attached hydrogens (tertiary/aromatic N) is 4. The second kappa shape index (κ2) is 10.3. The fourth-order valence-electron chi connectivity index (χ4n) is 4.87. The number of fused-ring (bicyclic) bond motifs is 2. The topological polar surface area (TPSA) is 80.1 Å². The first-order valence-corrected chi connectivity index (χ1v) is 14.4. The van der Waals surface area contributed by atoms with Crippen LogP contribution in [0.15, 0.2) is 95.0 Å². The van der Waals surface area contributed by atoms with E-state index in [1.807, 2.05) is 48.6 Å². The molecule has 8 heteroatoms. The van der Waals surface area contributed by atoms with Gasteiger partial charge in [-0.05, 0) is 0 Å². The minimum atomic E-state index is -0.831. The van der Waals surface area contributed by atoms with Crippen molar-refractivity contribution in [2.45, 2.75) is 32.0 Å². The molecular weight excluding hydrogens is 577 g/mol. The SMILES string of the molecule is O=C(Nc1ccccn1)C(c1ncn2c1CCC2)N1Cc2ccc([I-]C3=C/C=C\C=C/C=C\3)cc2C1=O. The average Bonchev–Trinajstić information content (AvgIpc) is 3.59. The van der Waals surface area contributed by atoms with E-state index in [9.17, 15) is 9.59 Å². The predicted octanol–water partition coefficient (Wildman–Crippen LogP) is 1.38. The molecule has 0 bridgehead atoms.